The number of nitrogens with zero attached hydrogens (tertiary/aromatic N) is 3. The van der Waals surface area contributed by atoms with Crippen LogP contribution in [0.2, 0.25) is 0 Å². The topological polar surface area (TPSA) is 79.8 Å². The molecule has 0 aliphatic rings. The predicted octanol–water partition coefficient (Wildman–Crippen LogP) is 3.62. The van der Waals surface area contributed by atoms with Gasteiger partial charge in [-0.3, -0.25) is 9.69 Å². The second-order valence-electron chi connectivity index (χ2n) is 7.06. The van der Waals surface area contributed by atoms with E-state index in [-0.39, 0.29) is 22.4 Å². The Labute approximate surface area is 181 Å². The zero-order chi connectivity index (χ0) is 21.9. The van der Waals surface area contributed by atoms with Crippen molar-refractivity contribution in [2.75, 3.05) is 32.2 Å². The number of thiazole rings is 1. The summed E-state index contributed by atoms with van der Waals surface area (Å²) in [5.41, 5.74) is 1.09. The number of amides is 1. The van der Waals surface area contributed by atoms with Crippen LogP contribution >= 0.6 is 11.3 Å². The van der Waals surface area contributed by atoms with Crippen molar-refractivity contribution in [1.82, 2.24) is 9.29 Å². The molecule has 0 unspecified atom stereocenters. The Balaban J connectivity index is 1.99. The first-order valence-corrected chi connectivity index (χ1v) is 11.8. The first-order chi connectivity index (χ1) is 14.3. The van der Waals surface area contributed by atoms with Crippen molar-refractivity contribution >= 4 is 42.6 Å². The Morgan fingerprint density at radius 3 is 2.57 bits per heavy atom. The highest BCUT2D eigenvalue weighted by Gasteiger charge is 2.26. The van der Waals surface area contributed by atoms with E-state index in [0.717, 1.165) is 10.2 Å². The van der Waals surface area contributed by atoms with Gasteiger partial charge in [0.1, 0.15) is 0 Å². The Bertz CT molecular complexity index is 1110. The van der Waals surface area contributed by atoms with E-state index in [1.54, 1.807) is 33.1 Å². The summed E-state index contributed by atoms with van der Waals surface area (Å²) in [4.78, 5) is 19.5. The Kier molecular flexibility index (Phi) is 6.87. The number of hydrogen-bond donors (Lipinski definition) is 0. The van der Waals surface area contributed by atoms with Crippen LogP contribution in [0.4, 0.5) is 5.13 Å². The Morgan fingerprint density at radius 1 is 1.17 bits per heavy atom. The molecule has 0 saturated heterocycles. The number of ether oxygens (including phenoxy) is 1. The number of hydrogen-bond acceptors (Lipinski definition) is 6. The molecule has 2 aromatic carbocycles. The van der Waals surface area contributed by atoms with Crippen molar-refractivity contribution in [3.8, 4) is 0 Å². The maximum absolute atomic E-state index is 13.3. The summed E-state index contributed by atoms with van der Waals surface area (Å²) in [5.74, 6) is -0.324. The van der Waals surface area contributed by atoms with Gasteiger partial charge < -0.3 is 4.74 Å². The molecule has 30 heavy (non-hydrogen) atoms. The van der Waals surface area contributed by atoms with Crippen molar-refractivity contribution in [1.29, 1.82) is 0 Å². The van der Waals surface area contributed by atoms with Crippen LogP contribution in [-0.2, 0) is 14.8 Å². The normalized spacial score (nSPS) is 12.1. The third kappa shape index (κ3) is 4.54. The standard InChI is InChI=1S/C21H25N3O4S2/c1-15(2)23(3)30(26,27)17-9-7-8-16(14-17)20(25)24(12-13-28-4)21-22-18-10-5-6-11-19(18)29-21/h5-11,14-15H,12-13H2,1-4H3. The van der Waals surface area contributed by atoms with Gasteiger partial charge in [-0.15, -0.1) is 0 Å². The smallest absolute Gasteiger partial charge is 0.260 e. The van der Waals surface area contributed by atoms with E-state index >= 15 is 0 Å². The molecule has 3 aromatic rings. The van der Waals surface area contributed by atoms with E-state index in [2.05, 4.69) is 4.98 Å². The van der Waals surface area contributed by atoms with E-state index in [1.165, 1.54) is 39.7 Å². The summed E-state index contributed by atoms with van der Waals surface area (Å²) >= 11 is 1.41. The number of methoxy groups -OCH3 is 1. The maximum Gasteiger partial charge on any atom is 0.260 e. The second-order valence-corrected chi connectivity index (χ2v) is 10.1. The minimum atomic E-state index is -3.70. The maximum atomic E-state index is 13.3. The molecule has 9 heteroatoms. The van der Waals surface area contributed by atoms with Crippen molar-refractivity contribution in [2.45, 2.75) is 24.8 Å². The van der Waals surface area contributed by atoms with Gasteiger partial charge in [0.05, 0.1) is 28.3 Å². The zero-order valence-corrected chi connectivity index (χ0v) is 19.0. The van der Waals surface area contributed by atoms with Crippen molar-refractivity contribution in [3.05, 3.63) is 54.1 Å². The number of aromatic nitrogens is 1. The van der Waals surface area contributed by atoms with Crippen LogP contribution in [0, 0.1) is 0 Å². The van der Waals surface area contributed by atoms with E-state index in [1.807, 2.05) is 24.3 Å². The molecule has 0 bridgehead atoms. The highest BCUT2D eigenvalue weighted by Crippen LogP contribution is 2.30. The third-order valence-corrected chi connectivity index (χ3v) is 7.85. The summed E-state index contributed by atoms with van der Waals surface area (Å²) in [7, 11) is -0.603. The summed E-state index contributed by atoms with van der Waals surface area (Å²) in [5, 5.41) is 0.547. The first-order valence-electron chi connectivity index (χ1n) is 9.50. The molecule has 0 aliphatic heterocycles. The number of para-hydroxylation sites is 1. The van der Waals surface area contributed by atoms with Crippen LogP contribution in [0.3, 0.4) is 0 Å². The predicted molar refractivity (Wildman–Crippen MR) is 120 cm³/mol. The van der Waals surface area contributed by atoms with Crippen LogP contribution in [0.15, 0.2) is 53.4 Å². The minimum Gasteiger partial charge on any atom is -0.383 e. The fraction of sp³-hybridized carbons (Fsp3) is 0.333. The van der Waals surface area contributed by atoms with Crippen LogP contribution < -0.4 is 4.90 Å². The summed E-state index contributed by atoms with van der Waals surface area (Å²) in [6, 6.07) is 13.6. The molecule has 3 rings (SSSR count). The fourth-order valence-electron chi connectivity index (χ4n) is 2.83. The quantitative estimate of drug-likeness (QED) is 0.527. The third-order valence-electron chi connectivity index (χ3n) is 4.76. The number of fused-ring (bicyclic) bond motifs is 1. The molecule has 1 heterocycles. The molecule has 0 radical (unpaired) electrons. The summed E-state index contributed by atoms with van der Waals surface area (Å²) in [6.45, 7) is 4.23. The highest BCUT2D eigenvalue weighted by atomic mass is 32.2. The van der Waals surface area contributed by atoms with Crippen molar-refractivity contribution in [3.63, 3.8) is 0 Å². The molecule has 7 nitrogen and oxygen atoms in total. The lowest BCUT2D eigenvalue weighted by atomic mass is 10.2. The minimum absolute atomic E-state index is 0.0838. The van der Waals surface area contributed by atoms with Crippen LogP contribution in [0.25, 0.3) is 10.2 Å². The number of sulfonamides is 1. The molecule has 0 spiro atoms. The van der Waals surface area contributed by atoms with Gasteiger partial charge in [0.25, 0.3) is 5.91 Å². The van der Waals surface area contributed by atoms with Gasteiger partial charge in [0.2, 0.25) is 10.0 Å². The van der Waals surface area contributed by atoms with E-state index < -0.39 is 10.0 Å². The molecule has 0 fully saturated rings. The number of carbonyl (C=O) groups excluding carboxylic acids is 1. The number of carbonyl (C=O) groups is 1. The van der Waals surface area contributed by atoms with Crippen LogP contribution in [-0.4, -0.2) is 57.0 Å². The van der Waals surface area contributed by atoms with Crippen LogP contribution in [0.1, 0.15) is 24.2 Å². The fourth-order valence-corrected chi connectivity index (χ4v) is 5.24. The van der Waals surface area contributed by atoms with Crippen molar-refractivity contribution < 1.29 is 17.9 Å². The molecule has 0 aliphatic carbocycles. The first kappa shape index (κ1) is 22.4. The van der Waals surface area contributed by atoms with E-state index in [4.69, 9.17) is 4.74 Å². The van der Waals surface area contributed by atoms with Gasteiger partial charge in [-0.25, -0.2) is 13.4 Å². The Morgan fingerprint density at radius 2 is 1.90 bits per heavy atom. The molecular formula is C21H25N3O4S2. The summed E-state index contributed by atoms with van der Waals surface area (Å²) < 4.78 is 33.1. The monoisotopic (exact) mass is 447 g/mol. The summed E-state index contributed by atoms with van der Waals surface area (Å²) in [6.07, 6.45) is 0. The molecular weight excluding hydrogens is 422 g/mol. The zero-order valence-electron chi connectivity index (χ0n) is 17.4. The van der Waals surface area contributed by atoms with Gasteiger partial charge in [0, 0.05) is 25.8 Å². The van der Waals surface area contributed by atoms with Gasteiger partial charge in [-0.1, -0.05) is 29.5 Å². The lowest BCUT2D eigenvalue weighted by Crippen LogP contribution is -2.35. The lowest BCUT2D eigenvalue weighted by Gasteiger charge is -2.22. The van der Waals surface area contributed by atoms with E-state index in [0.29, 0.717) is 18.3 Å². The highest BCUT2D eigenvalue weighted by molar-refractivity contribution is 7.89. The molecule has 0 saturated carbocycles. The number of rotatable bonds is 8. The average molecular weight is 448 g/mol. The van der Waals surface area contributed by atoms with Gasteiger partial charge in [0.15, 0.2) is 5.13 Å². The molecule has 1 aromatic heterocycles. The molecule has 0 N–H and O–H groups in total. The van der Waals surface area contributed by atoms with Crippen LogP contribution in [0.5, 0.6) is 0 Å². The molecule has 1 amide bonds. The SMILES string of the molecule is COCCN(C(=O)c1cccc(S(=O)(=O)N(C)C(C)C)c1)c1nc2ccccc2s1. The van der Waals surface area contributed by atoms with Gasteiger partial charge in [-0.05, 0) is 44.2 Å². The largest absolute Gasteiger partial charge is 0.383 e. The average Bonchev–Trinajstić information content (AvgIpc) is 3.17. The van der Waals surface area contributed by atoms with Crippen molar-refractivity contribution in [2.24, 2.45) is 0 Å². The number of benzene rings is 2. The van der Waals surface area contributed by atoms with E-state index in [9.17, 15) is 13.2 Å². The van der Waals surface area contributed by atoms with Gasteiger partial charge >= 0.3 is 0 Å². The lowest BCUT2D eigenvalue weighted by molar-refractivity contribution is 0.0975. The molecule has 0 atom stereocenters. The second kappa shape index (κ2) is 9.22. The molecule has 160 valence electrons. The number of anilines is 1. The Hall–Kier alpha value is -2.33. The van der Waals surface area contributed by atoms with Gasteiger partial charge in [-0.2, -0.15) is 4.31 Å².